The van der Waals surface area contributed by atoms with E-state index in [-0.39, 0.29) is 18.1 Å². The second-order valence-corrected chi connectivity index (χ2v) is 6.26. The van der Waals surface area contributed by atoms with Gasteiger partial charge in [-0.2, -0.15) is 0 Å². The van der Waals surface area contributed by atoms with Crippen molar-refractivity contribution in [3.63, 3.8) is 0 Å². The third-order valence-electron chi connectivity index (χ3n) is 3.60. The molecule has 0 aliphatic heterocycles. The van der Waals surface area contributed by atoms with Crippen LogP contribution in [0.15, 0.2) is 30.6 Å². The van der Waals surface area contributed by atoms with Crippen LogP contribution in [0, 0.1) is 0 Å². The van der Waals surface area contributed by atoms with Crippen LogP contribution < -0.4 is 5.32 Å². The molecule has 124 valence electrons. The molecule has 0 radical (unpaired) electrons. The summed E-state index contributed by atoms with van der Waals surface area (Å²) in [5.41, 5.74) is 0.993. The minimum absolute atomic E-state index is 0.0562. The number of aryl methyl sites for hydroxylation is 1. The topological polar surface area (TPSA) is 63.1 Å². The maximum absolute atomic E-state index is 12.6. The van der Waals surface area contributed by atoms with E-state index in [1.807, 2.05) is 52.1 Å². The fourth-order valence-corrected chi connectivity index (χ4v) is 2.55. The Hall–Kier alpha value is -2.08. The van der Waals surface area contributed by atoms with Crippen LogP contribution in [0.25, 0.3) is 0 Å². The van der Waals surface area contributed by atoms with Gasteiger partial charge in [-0.1, -0.05) is 23.7 Å². The normalized spacial score (nSPS) is 12.3. The highest BCUT2D eigenvalue weighted by atomic mass is 35.5. The molecule has 23 heavy (non-hydrogen) atoms. The molecule has 0 aliphatic rings. The molecule has 1 aromatic carbocycles. The Morgan fingerprint density at radius 2 is 2.13 bits per heavy atom. The lowest BCUT2D eigenvalue weighted by Gasteiger charge is -2.28. The third-order valence-corrected chi connectivity index (χ3v) is 3.83. The highest BCUT2D eigenvalue weighted by Gasteiger charge is 2.21. The monoisotopic (exact) mass is 335 g/mol. The summed E-state index contributed by atoms with van der Waals surface area (Å²) in [6, 6.07) is 7.22. The molecule has 0 fully saturated rings. The van der Waals surface area contributed by atoms with Crippen LogP contribution in [0.2, 0.25) is 5.02 Å². The van der Waals surface area contributed by atoms with E-state index in [1.54, 1.807) is 15.8 Å². The molecule has 0 saturated carbocycles. The highest BCUT2D eigenvalue weighted by molar-refractivity contribution is 6.30. The molecule has 1 unspecified atom stereocenters. The summed E-state index contributed by atoms with van der Waals surface area (Å²) < 4.78 is 1.79. The van der Waals surface area contributed by atoms with E-state index in [0.29, 0.717) is 17.4 Å². The van der Waals surface area contributed by atoms with Crippen molar-refractivity contribution in [3.8, 4) is 0 Å². The highest BCUT2D eigenvalue weighted by Crippen LogP contribution is 2.15. The predicted molar refractivity (Wildman–Crippen MR) is 90.1 cm³/mol. The van der Waals surface area contributed by atoms with Gasteiger partial charge in [0.1, 0.15) is 6.33 Å². The maximum Gasteiger partial charge on any atom is 0.318 e. The van der Waals surface area contributed by atoms with E-state index in [4.69, 9.17) is 11.6 Å². The minimum atomic E-state index is -0.226. The zero-order valence-electron chi connectivity index (χ0n) is 13.8. The van der Waals surface area contributed by atoms with E-state index < -0.39 is 0 Å². The Morgan fingerprint density at radius 3 is 2.70 bits per heavy atom. The molecule has 0 aliphatic carbocycles. The number of aromatic nitrogens is 3. The maximum atomic E-state index is 12.6. The first-order chi connectivity index (χ1) is 10.9. The third kappa shape index (κ3) is 4.45. The van der Waals surface area contributed by atoms with Crippen molar-refractivity contribution in [1.82, 2.24) is 25.0 Å². The fourth-order valence-electron chi connectivity index (χ4n) is 2.34. The molecule has 2 aromatic rings. The molecule has 2 amide bonds. The summed E-state index contributed by atoms with van der Waals surface area (Å²) in [5.74, 6) is 0.713. The largest absolute Gasteiger partial charge is 0.328 e. The van der Waals surface area contributed by atoms with Crippen LogP contribution in [0.1, 0.15) is 38.2 Å². The number of benzene rings is 1. The molecule has 0 spiro atoms. The lowest BCUT2D eigenvalue weighted by Crippen LogP contribution is -2.44. The second kappa shape index (κ2) is 7.46. The van der Waals surface area contributed by atoms with Gasteiger partial charge in [0.25, 0.3) is 0 Å². The van der Waals surface area contributed by atoms with E-state index in [9.17, 15) is 4.79 Å². The van der Waals surface area contributed by atoms with Gasteiger partial charge in [-0.25, -0.2) is 4.79 Å². The fraction of sp³-hybridized carbons (Fsp3) is 0.438. The van der Waals surface area contributed by atoms with E-state index >= 15 is 0 Å². The molecule has 1 N–H and O–H groups in total. The molecular formula is C16H22ClN5O. The van der Waals surface area contributed by atoms with Crippen molar-refractivity contribution in [3.05, 3.63) is 47.0 Å². The van der Waals surface area contributed by atoms with Gasteiger partial charge < -0.3 is 14.8 Å². The lowest BCUT2D eigenvalue weighted by molar-refractivity contribution is 0.176. The van der Waals surface area contributed by atoms with Gasteiger partial charge in [0.2, 0.25) is 0 Å². The van der Waals surface area contributed by atoms with E-state index in [0.717, 1.165) is 5.56 Å². The van der Waals surface area contributed by atoms with Gasteiger partial charge in [-0.05, 0) is 38.5 Å². The Bertz CT molecular complexity index is 670. The molecule has 0 bridgehead atoms. The minimum Gasteiger partial charge on any atom is -0.328 e. The quantitative estimate of drug-likeness (QED) is 0.913. The van der Waals surface area contributed by atoms with E-state index in [1.165, 1.54) is 0 Å². The molecule has 6 nitrogen and oxygen atoms in total. The van der Waals surface area contributed by atoms with Crippen molar-refractivity contribution in [2.75, 3.05) is 0 Å². The first-order valence-corrected chi connectivity index (χ1v) is 7.91. The van der Waals surface area contributed by atoms with E-state index in [2.05, 4.69) is 15.5 Å². The zero-order chi connectivity index (χ0) is 17.0. The smallest absolute Gasteiger partial charge is 0.318 e. The van der Waals surface area contributed by atoms with Crippen LogP contribution >= 0.6 is 11.6 Å². The number of halogens is 1. The van der Waals surface area contributed by atoms with Gasteiger partial charge in [-0.3, -0.25) is 0 Å². The first kappa shape index (κ1) is 17.3. The summed E-state index contributed by atoms with van der Waals surface area (Å²) in [5, 5.41) is 11.5. The van der Waals surface area contributed by atoms with Crippen molar-refractivity contribution < 1.29 is 4.79 Å². The number of urea groups is 1. The molecule has 1 heterocycles. The van der Waals surface area contributed by atoms with Crippen LogP contribution in [0.5, 0.6) is 0 Å². The standard InChI is InChI=1S/C16H22ClN5O/c1-11(2)22(9-13-6-5-7-14(17)8-13)16(23)19-12(3)15-20-18-10-21(15)4/h5-8,10-12H,9H2,1-4H3,(H,19,23). The average molecular weight is 336 g/mol. The second-order valence-electron chi connectivity index (χ2n) is 5.82. The van der Waals surface area contributed by atoms with Crippen molar-refractivity contribution in [1.29, 1.82) is 0 Å². The Balaban J connectivity index is 2.08. The summed E-state index contributed by atoms with van der Waals surface area (Å²) in [6.07, 6.45) is 1.62. The summed E-state index contributed by atoms with van der Waals surface area (Å²) >= 11 is 6.02. The molecule has 1 atom stereocenters. The number of carbonyl (C=O) groups is 1. The van der Waals surface area contributed by atoms with Gasteiger partial charge in [-0.15, -0.1) is 10.2 Å². The lowest BCUT2D eigenvalue weighted by atomic mass is 10.2. The van der Waals surface area contributed by atoms with Crippen LogP contribution in [0.3, 0.4) is 0 Å². The number of hydrogen-bond acceptors (Lipinski definition) is 3. The van der Waals surface area contributed by atoms with Gasteiger partial charge in [0.15, 0.2) is 5.82 Å². The average Bonchev–Trinajstić information content (AvgIpc) is 2.90. The Morgan fingerprint density at radius 1 is 1.39 bits per heavy atom. The van der Waals surface area contributed by atoms with Crippen LogP contribution in [0.4, 0.5) is 4.79 Å². The number of carbonyl (C=O) groups excluding carboxylic acids is 1. The van der Waals surface area contributed by atoms with Crippen LogP contribution in [-0.4, -0.2) is 31.7 Å². The first-order valence-electron chi connectivity index (χ1n) is 7.54. The molecule has 0 saturated heterocycles. The number of rotatable bonds is 5. The number of amides is 2. The number of hydrogen-bond donors (Lipinski definition) is 1. The summed E-state index contributed by atoms with van der Waals surface area (Å²) in [6.45, 7) is 6.35. The van der Waals surface area contributed by atoms with Crippen molar-refractivity contribution in [2.24, 2.45) is 7.05 Å². The zero-order valence-corrected chi connectivity index (χ0v) is 14.6. The van der Waals surface area contributed by atoms with Gasteiger partial charge in [0, 0.05) is 24.7 Å². The van der Waals surface area contributed by atoms with Gasteiger partial charge >= 0.3 is 6.03 Å². The van der Waals surface area contributed by atoms with Crippen LogP contribution in [-0.2, 0) is 13.6 Å². The predicted octanol–water partition coefficient (Wildman–Crippen LogP) is 3.15. The summed E-state index contributed by atoms with van der Waals surface area (Å²) in [7, 11) is 1.85. The number of nitrogens with one attached hydrogen (secondary N) is 1. The molecular weight excluding hydrogens is 314 g/mol. The van der Waals surface area contributed by atoms with Crippen molar-refractivity contribution >= 4 is 17.6 Å². The Labute approximate surface area is 141 Å². The SMILES string of the molecule is CC(NC(=O)N(Cc1cccc(Cl)c1)C(C)C)c1nncn1C. The number of nitrogens with zero attached hydrogens (tertiary/aromatic N) is 4. The Kier molecular flexibility index (Phi) is 5.60. The molecule has 1 aromatic heterocycles. The molecule has 7 heteroatoms. The summed E-state index contributed by atoms with van der Waals surface area (Å²) in [4.78, 5) is 14.4. The van der Waals surface area contributed by atoms with Crippen molar-refractivity contribution in [2.45, 2.75) is 39.4 Å². The van der Waals surface area contributed by atoms with Gasteiger partial charge in [0.05, 0.1) is 6.04 Å². The molecule has 2 rings (SSSR count).